The highest BCUT2D eigenvalue weighted by molar-refractivity contribution is 7.14. The molecule has 1 amide bonds. The highest BCUT2D eigenvalue weighted by Crippen LogP contribution is 2.22. The van der Waals surface area contributed by atoms with Crippen LogP contribution in [0.2, 0.25) is 0 Å². The maximum atomic E-state index is 12.7. The van der Waals surface area contributed by atoms with E-state index in [1.54, 1.807) is 23.0 Å². The van der Waals surface area contributed by atoms with Gasteiger partial charge in [-0.3, -0.25) is 15.0 Å². The minimum absolute atomic E-state index is 0.219. The predicted octanol–water partition coefficient (Wildman–Crippen LogP) is 2.98. The number of amides is 1. The van der Waals surface area contributed by atoms with E-state index in [9.17, 15) is 4.79 Å². The number of hydrogen-bond acceptors (Lipinski definition) is 6. The number of anilines is 1. The average molecular weight is 370 g/mol. The summed E-state index contributed by atoms with van der Waals surface area (Å²) in [5.74, 6) is 0.524. The van der Waals surface area contributed by atoms with Gasteiger partial charge in [0.15, 0.2) is 10.8 Å². The fraction of sp³-hybridized carbons (Fsp3) is 0.444. The molecular formula is C18H22N6OS. The molecule has 3 aromatic rings. The molecule has 0 bridgehead atoms. The summed E-state index contributed by atoms with van der Waals surface area (Å²) >= 11 is 1.46. The Labute approximate surface area is 156 Å². The summed E-state index contributed by atoms with van der Waals surface area (Å²) in [5.41, 5.74) is 2.71. The van der Waals surface area contributed by atoms with E-state index in [4.69, 9.17) is 0 Å². The van der Waals surface area contributed by atoms with Crippen LogP contribution in [0.5, 0.6) is 0 Å². The standard InChI is InChI=1S/C18H22N6OS/c1-12-5-3-7-23(9-12)10-14-11-26-18(20-14)21-17(25)15-13(2)22-24-8-4-6-19-16(15)24/h4,6,8,11-12H,3,5,7,9-10H2,1-2H3,(H,20,21,25). The number of thiazole rings is 1. The minimum atomic E-state index is -0.219. The first kappa shape index (κ1) is 17.1. The molecule has 3 aromatic heterocycles. The molecule has 1 unspecified atom stereocenters. The molecule has 4 heterocycles. The van der Waals surface area contributed by atoms with E-state index in [-0.39, 0.29) is 5.91 Å². The molecule has 7 nitrogen and oxygen atoms in total. The zero-order valence-electron chi connectivity index (χ0n) is 15.0. The second-order valence-corrected chi connectivity index (χ2v) is 7.79. The third-order valence-corrected chi connectivity index (χ3v) is 5.50. The third-order valence-electron chi connectivity index (χ3n) is 4.70. The van der Waals surface area contributed by atoms with Gasteiger partial charge in [0.1, 0.15) is 5.56 Å². The van der Waals surface area contributed by atoms with Crippen LogP contribution in [-0.4, -0.2) is 43.5 Å². The summed E-state index contributed by atoms with van der Waals surface area (Å²) in [7, 11) is 0. The highest BCUT2D eigenvalue weighted by atomic mass is 32.1. The Bertz CT molecular complexity index is 933. The Morgan fingerprint density at radius 1 is 1.46 bits per heavy atom. The quantitative estimate of drug-likeness (QED) is 0.764. The van der Waals surface area contributed by atoms with Crippen molar-refractivity contribution in [2.24, 2.45) is 5.92 Å². The molecule has 1 saturated heterocycles. The van der Waals surface area contributed by atoms with Gasteiger partial charge in [-0.25, -0.2) is 14.5 Å². The number of nitrogens with zero attached hydrogens (tertiary/aromatic N) is 5. The molecule has 1 atom stereocenters. The van der Waals surface area contributed by atoms with Crippen molar-refractivity contribution in [3.05, 3.63) is 40.8 Å². The average Bonchev–Trinajstić information content (AvgIpc) is 3.17. The summed E-state index contributed by atoms with van der Waals surface area (Å²) in [6, 6.07) is 1.79. The van der Waals surface area contributed by atoms with Gasteiger partial charge in [0.2, 0.25) is 0 Å². The van der Waals surface area contributed by atoms with Gasteiger partial charge >= 0.3 is 0 Å². The van der Waals surface area contributed by atoms with Crippen LogP contribution in [0.1, 0.15) is 41.5 Å². The number of aryl methyl sites for hydroxylation is 1. The topological polar surface area (TPSA) is 75.4 Å². The van der Waals surface area contributed by atoms with Gasteiger partial charge < -0.3 is 0 Å². The number of piperidine rings is 1. The van der Waals surface area contributed by atoms with Crippen molar-refractivity contribution < 1.29 is 4.79 Å². The zero-order chi connectivity index (χ0) is 18.1. The monoisotopic (exact) mass is 370 g/mol. The summed E-state index contributed by atoms with van der Waals surface area (Å²) in [6.45, 7) is 7.19. The SMILES string of the molecule is Cc1nn2cccnc2c1C(=O)Nc1nc(CN2CCCC(C)C2)cs1. The molecule has 4 rings (SSSR count). The normalized spacial score (nSPS) is 18.3. The van der Waals surface area contributed by atoms with E-state index in [0.717, 1.165) is 31.2 Å². The molecule has 0 saturated carbocycles. The minimum Gasteiger partial charge on any atom is -0.298 e. The van der Waals surface area contributed by atoms with Crippen molar-refractivity contribution in [3.63, 3.8) is 0 Å². The Morgan fingerprint density at radius 3 is 3.19 bits per heavy atom. The summed E-state index contributed by atoms with van der Waals surface area (Å²) in [5, 5.41) is 9.87. The van der Waals surface area contributed by atoms with Crippen LogP contribution in [0.3, 0.4) is 0 Å². The zero-order valence-corrected chi connectivity index (χ0v) is 15.8. The lowest BCUT2D eigenvalue weighted by Crippen LogP contribution is -2.33. The van der Waals surface area contributed by atoms with Crippen molar-refractivity contribution in [2.75, 3.05) is 18.4 Å². The van der Waals surface area contributed by atoms with Crippen molar-refractivity contribution in [1.29, 1.82) is 0 Å². The molecule has 0 spiro atoms. The van der Waals surface area contributed by atoms with Gasteiger partial charge in [-0.2, -0.15) is 5.10 Å². The van der Waals surface area contributed by atoms with Crippen LogP contribution in [0.4, 0.5) is 5.13 Å². The van der Waals surface area contributed by atoms with Gasteiger partial charge in [0.05, 0.1) is 11.4 Å². The van der Waals surface area contributed by atoms with E-state index < -0.39 is 0 Å². The van der Waals surface area contributed by atoms with E-state index in [1.165, 1.54) is 24.2 Å². The molecule has 1 N–H and O–H groups in total. The first-order valence-electron chi connectivity index (χ1n) is 8.88. The van der Waals surface area contributed by atoms with Crippen molar-refractivity contribution in [3.8, 4) is 0 Å². The summed E-state index contributed by atoms with van der Waals surface area (Å²) < 4.78 is 1.62. The third kappa shape index (κ3) is 3.47. The number of carbonyl (C=O) groups excluding carboxylic acids is 1. The molecule has 136 valence electrons. The van der Waals surface area contributed by atoms with Gasteiger partial charge in [-0.15, -0.1) is 11.3 Å². The molecule has 0 aliphatic carbocycles. The van der Waals surface area contributed by atoms with Gasteiger partial charge in [0, 0.05) is 30.9 Å². The lowest BCUT2D eigenvalue weighted by molar-refractivity contribution is 0.102. The lowest BCUT2D eigenvalue weighted by atomic mass is 10.0. The Hall–Kier alpha value is -2.32. The maximum absolute atomic E-state index is 12.7. The van der Waals surface area contributed by atoms with E-state index in [2.05, 4.69) is 32.2 Å². The number of nitrogens with one attached hydrogen (secondary N) is 1. The largest absolute Gasteiger partial charge is 0.298 e. The van der Waals surface area contributed by atoms with Crippen LogP contribution < -0.4 is 5.32 Å². The maximum Gasteiger partial charge on any atom is 0.263 e. The molecule has 0 radical (unpaired) electrons. The number of carbonyl (C=O) groups is 1. The number of rotatable bonds is 4. The van der Waals surface area contributed by atoms with Crippen LogP contribution >= 0.6 is 11.3 Å². The smallest absolute Gasteiger partial charge is 0.263 e. The fourth-order valence-electron chi connectivity index (χ4n) is 3.52. The van der Waals surface area contributed by atoms with Crippen LogP contribution in [0.25, 0.3) is 5.65 Å². The second kappa shape index (κ2) is 7.13. The van der Waals surface area contributed by atoms with E-state index in [1.807, 2.05) is 12.3 Å². The fourth-order valence-corrected chi connectivity index (χ4v) is 4.21. The predicted molar refractivity (Wildman–Crippen MR) is 101 cm³/mol. The lowest BCUT2D eigenvalue weighted by Gasteiger charge is -2.30. The van der Waals surface area contributed by atoms with Crippen LogP contribution in [0, 0.1) is 12.8 Å². The Morgan fingerprint density at radius 2 is 2.35 bits per heavy atom. The first-order chi connectivity index (χ1) is 12.6. The summed E-state index contributed by atoms with van der Waals surface area (Å²) in [6.07, 6.45) is 6.00. The molecule has 1 aliphatic rings. The van der Waals surface area contributed by atoms with Crippen LogP contribution in [0.15, 0.2) is 23.8 Å². The Kier molecular flexibility index (Phi) is 4.69. The van der Waals surface area contributed by atoms with Gasteiger partial charge in [-0.05, 0) is 38.3 Å². The molecule has 0 aromatic carbocycles. The van der Waals surface area contributed by atoms with Crippen molar-refractivity contribution in [1.82, 2.24) is 24.5 Å². The number of fused-ring (bicyclic) bond motifs is 1. The van der Waals surface area contributed by atoms with Crippen molar-refractivity contribution >= 4 is 28.0 Å². The molecule has 26 heavy (non-hydrogen) atoms. The Balaban J connectivity index is 1.46. The molecular weight excluding hydrogens is 348 g/mol. The number of likely N-dealkylation sites (tertiary alicyclic amines) is 1. The van der Waals surface area contributed by atoms with E-state index in [0.29, 0.717) is 22.0 Å². The van der Waals surface area contributed by atoms with Crippen molar-refractivity contribution in [2.45, 2.75) is 33.2 Å². The molecule has 1 fully saturated rings. The second-order valence-electron chi connectivity index (χ2n) is 6.93. The van der Waals surface area contributed by atoms with Gasteiger partial charge in [0.25, 0.3) is 5.91 Å². The van der Waals surface area contributed by atoms with Crippen LogP contribution in [-0.2, 0) is 6.54 Å². The van der Waals surface area contributed by atoms with E-state index >= 15 is 0 Å². The van der Waals surface area contributed by atoms with Gasteiger partial charge in [-0.1, -0.05) is 6.92 Å². The first-order valence-corrected chi connectivity index (χ1v) is 9.76. The number of aromatic nitrogens is 4. The summed E-state index contributed by atoms with van der Waals surface area (Å²) in [4.78, 5) is 24.0. The molecule has 1 aliphatic heterocycles. The molecule has 8 heteroatoms. The highest BCUT2D eigenvalue weighted by Gasteiger charge is 2.20. The number of hydrogen-bond donors (Lipinski definition) is 1.